The van der Waals surface area contributed by atoms with Crippen molar-refractivity contribution in [2.45, 2.75) is 34.1 Å². The second kappa shape index (κ2) is 10.4. The van der Waals surface area contributed by atoms with Crippen molar-refractivity contribution in [3.05, 3.63) is 17.8 Å². The van der Waals surface area contributed by atoms with Crippen LogP contribution in [0.15, 0.2) is 17.1 Å². The van der Waals surface area contributed by atoms with Gasteiger partial charge in [0.05, 0.1) is 13.2 Å². The highest BCUT2D eigenvalue weighted by Crippen LogP contribution is 2.12. The van der Waals surface area contributed by atoms with Gasteiger partial charge < -0.3 is 19.6 Å². The molecule has 0 aliphatic carbocycles. The summed E-state index contributed by atoms with van der Waals surface area (Å²) in [6.07, 6.45) is 3.07. The van der Waals surface area contributed by atoms with Gasteiger partial charge in [-0.1, -0.05) is 39.8 Å². The highest BCUT2D eigenvalue weighted by atomic mass is 16.6. The van der Waals surface area contributed by atoms with Crippen molar-refractivity contribution in [3.8, 4) is 0 Å². The Morgan fingerprint density at radius 3 is 2.48 bits per heavy atom. The van der Waals surface area contributed by atoms with Crippen molar-refractivity contribution in [2.24, 2.45) is 16.8 Å². The molecule has 1 aromatic rings. The summed E-state index contributed by atoms with van der Waals surface area (Å²) in [5.41, 5.74) is -0.363. The fourth-order valence-corrected chi connectivity index (χ4v) is 2.24. The Morgan fingerprint density at radius 1 is 1.17 bits per heavy atom. The van der Waals surface area contributed by atoms with Crippen LogP contribution in [0.3, 0.4) is 0 Å². The highest BCUT2D eigenvalue weighted by molar-refractivity contribution is 5.82. The minimum absolute atomic E-state index is 0.129. The van der Waals surface area contributed by atoms with Crippen LogP contribution in [-0.4, -0.2) is 58.4 Å². The van der Waals surface area contributed by atoms with Gasteiger partial charge in [-0.05, 0) is 18.3 Å². The highest BCUT2D eigenvalue weighted by Gasteiger charge is 2.18. The summed E-state index contributed by atoms with van der Waals surface area (Å²) in [5.74, 6) is 0.205. The van der Waals surface area contributed by atoms with E-state index in [0.717, 1.165) is 6.42 Å². The minimum atomic E-state index is -0.905. The lowest BCUT2D eigenvalue weighted by atomic mass is 10.2. The number of nitrogens with one attached hydrogen (secondary N) is 1. The maximum atomic E-state index is 12.0. The first-order valence-corrected chi connectivity index (χ1v) is 9.51. The molecule has 2 N–H and O–H groups in total. The van der Waals surface area contributed by atoms with Crippen molar-refractivity contribution >= 4 is 24.1 Å². The molecule has 11 heteroatoms. The Balaban J connectivity index is 2.34. The molecular weight excluding hydrogens is 380 g/mol. The average Bonchev–Trinajstić information content (AvgIpc) is 2.68. The number of hydrogen-bond donors (Lipinski definition) is 2. The Kier molecular flexibility index (Phi) is 7.98. The number of carbonyl (C=O) groups excluding carboxylic acids is 2. The van der Waals surface area contributed by atoms with Gasteiger partial charge in [0, 0.05) is 13.1 Å². The van der Waals surface area contributed by atoms with Gasteiger partial charge in [0.1, 0.15) is 0 Å². The molecule has 0 bridgehead atoms. The number of aromatic nitrogens is 3. The van der Waals surface area contributed by atoms with E-state index in [1.807, 2.05) is 44.7 Å². The molecule has 0 radical (unpaired) electrons. The predicted octanol–water partition coefficient (Wildman–Crippen LogP) is 2.18. The lowest BCUT2D eigenvalue weighted by Gasteiger charge is -2.23. The molecule has 1 aliphatic heterocycles. The summed E-state index contributed by atoms with van der Waals surface area (Å²) in [7, 11) is 0. The maximum absolute atomic E-state index is 12.0. The van der Waals surface area contributed by atoms with Crippen LogP contribution in [0.1, 0.15) is 34.1 Å². The van der Waals surface area contributed by atoms with E-state index in [1.54, 1.807) is 0 Å². The van der Waals surface area contributed by atoms with E-state index >= 15 is 0 Å². The molecule has 2 rings (SSSR count). The quantitative estimate of drug-likeness (QED) is 0.541. The fraction of sp³-hybridized carbons (Fsp3) is 0.611. The van der Waals surface area contributed by atoms with Gasteiger partial charge in [-0.2, -0.15) is 9.97 Å². The zero-order chi connectivity index (χ0) is 21.4. The normalized spacial score (nSPS) is 14.4. The van der Waals surface area contributed by atoms with Gasteiger partial charge in [0.15, 0.2) is 0 Å². The Bertz CT molecular complexity index is 817. The van der Waals surface area contributed by atoms with Crippen LogP contribution in [0.5, 0.6) is 0 Å². The number of amides is 2. The smallest absolute Gasteiger partial charge is 0.437 e. The SMILES string of the molecule is CC(C)COC(=O)N=c1nc(N2CC=CCC2)nc(NC(=O)OCC(C)C)n1O. The average molecular weight is 408 g/mol. The fourth-order valence-electron chi connectivity index (χ4n) is 2.24. The van der Waals surface area contributed by atoms with Gasteiger partial charge in [0.25, 0.3) is 11.6 Å². The van der Waals surface area contributed by atoms with Crippen molar-refractivity contribution in [2.75, 3.05) is 36.5 Å². The zero-order valence-electron chi connectivity index (χ0n) is 17.2. The molecule has 11 nitrogen and oxygen atoms in total. The second-order valence-electron chi connectivity index (χ2n) is 7.36. The second-order valence-corrected chi connectivity index (χ2v) is 7.36. The first-order chi connectivity index (χ1) is 13.8. The maximum Gasteiger partial charge on any atom is 0.437 e. The molecular formula is C18H28N6O5. The topological polar surface area (TPSA) is 131 Å². The third-order valence-electron chi connectivity index (χ3n) is 3.63. The molecule has 0 spiro atoms. The summed E-state index contributed by atoms with van der Waals surface area (Å²) < 4.78 is 10.5. The molecule has 2 amide bonds. The zero-order valence-corrected chi connectivity index (χ0v) is 17.2. The number of rotatable bonds is 6. The molecule has 0 saturated heterocycles. The number of hydrogen-bond acceptors (Lipinski definition) is 8. The number of ether oxygens (including phenoxy) is 2. The molecule has 0 atom stereocenters. The van der Waals surface area contributed by atoms with E-state index < -0.39 is 12.2 Å². The van der Waals surface area contributed by atoms with Gasteiger partial charge >= 0.3 is 12.2 Å². The number of nitrogens with zero attached hydrogens (tertiary/aromatic N) is 5. The summed E-state index contributed by atoms with van der Waals surface area (Å²) in [5, 5.41) is 12.7. The van der Waals surface area contributed by atoms with Crippen LogP contribution < -0.4 is 15.8 Å². The molecule has 0 fully saturated rings. The predicted molar refractivity (Wildman–Crippen MR) is 105 cm³/mol. The largest absolute Gasteiger partial charge is 0.449 e. The lowest BCUT2D eigenvalue weighted by molar-refractivity contribution is 0.135. The Labute approximate surface area is 169 Å². The van der Waals surface area contributed by atoms with E-state index in [-0.39, 0.29) is 42.6 Å². The molecule has 160 valence electrons. The van der Waals surface area contributed by atoms with Crippen molar-refractivity contribution in [1.82, 2.24) is 14.7 Å². The first kappa shape index (κ1) is 22.2. The third-order valence-corrected chi connectivity index (χ3v) is 3.63. The Morgan fingerprint density at radius 2 is 1.86 bits per heavy atom. The summed E-state index contributed by atoms with van der Waals surface area (Å²) >= 11 is 0. The van der Waals surface area contributed by atoms with Crippen molar-refractivity contribution < 1.29 is 24.3 Å². The van der Waals surface area contributed by atoms with E-state index in [4.69, 9.17) is 9.47 Å². The van der Waals surface area contributed by atoms with Crippen LogP contribution in [-0.2, 0) is 9.47 Å². The molecule has 2 heterocycles. The number of anilines is 2. The van der Waals surface area contributed by atoms with E-state index in [1.165, 1.54) is 0 Å². The van der Waals surface area contributed by atoms with Gasteiger partial charge in [-0.15, -0.1) is 9.72 Å². The molecule has 0 unspecified atom stereocenters. The van der Waals surface area contributed by atoms with Crippen LogP contribution in [0, 0.1) is 11.8 Å². The van der Waals surface area contributed by atoms with Crippen LogP contribution in [0.25, 0.3) is 0 Å². The van der Waals surface area contributed by atoms with Crippen LogP contribution in [0.4, 0.5) is 21.5 Å². The number of carbonyl (C=O) groups is 2. The summed E-state index contributed by atoms with van der Waals surface area (Å²) in [6, 6.07) is 0. The van der Waals surface area contributed by atoms with Gasteiger partial charge in [0.2, 0.25) is 5.95 Å². The molecule has 0 aromatic carbocycles. The molecule has 1 aromatic heterocycles. The van der Waals surface area contributed by atoms with Gasteiger partial charge in [-0.25, -0.2) is 9.59 Å². The van der Waals surface area contributed by atoms with Gasteiger partial charge in [-0.3, -0.25) is 5.32 Å². The van der Waals surface area contributed by atoms with Crippen LogP contribution in [0.2, 0.25) is 0 Å². The summed E-state index contributed by atoms with van der Waals surface area (Å²) in [4.78, 5) is 37.8. The molecule has 0 saturated carbocycles. The lowest BCUT2D eigenvalue weighted by Crippen LogP contribution is -2.36. The minimum Gasteiger partial charge on any atom is -0.449 e. The third kappa shape index (κ3) is 7.09. The molecule has 1 aliphatic rings. The van der Waals surface area contributed by atoms with Crippen LogP contribution >= 0.6 is 0 Å². The van der Waals surface area contributed by atoms with Crippen molar-refractivity contribution in [3.63, 3.8) is 0 Å². The van der Waals surface area contributed by atoms with E-state index in [2.05, 4.69) is 20.3 Å². The summed E-state index contributed by atoms with van der Waals surface area (Å²) in [6.45, 7) is 9.12. The Hall–Kier alpha value is -3.11. The standard InChI is InChI=1S/C18H28N6O5/c1-12(2)10-28-17(25)21-15-19-14(23-8-6-5-7-9-23)20-16(24(15)27)22-18(26)29-11-13(3)4/h5-6,12-13,27H,7-11H2,1-4H3,(H,19,20,21,22,25,26). The first-order valence-electron chi connectivity index (χ1n) is 9.51. The van der Waals surface area contributed by atoms with Crippen molar-refractivity contribution in [1.29, 1.82) is 0 Å². The van der Waals surface area contributed by atoms with E-state index in [9.17, 15) is 14.8 Å². The monoisotopic (exact) mass is 408 g/mol. The molecule has 29 heavy (non-hydrogen) atoms. The van der Waals surface area contributed by atoms with E-state index in [0.29, 0.717) is 17.8 Å².